The van der Waals surface area contributed by atoms with E-state index in [4.69, 9.17) is 4.42 Å². The van der Waals surface area contributed by atoms with Crippen LogP contribution in [0.5, 0.6) is 0 Å². The van der Waals surface area contributed by atoms with Gasteiger partial charge in [0.1, 0.15) is 11.3 Å². The monoisotopic (exact) mass is 345 g/mol. The summed E-state index contributed by atoms with van der Waals surface area (Å²) < 4.78 is 5.28. The molecule has 0 unspecified atom stereocenters. The first-order valence-corrected chi connectivity index (χ1v) is 8.37. The van der Waals surface area contributed by atoms with Gasteiger partial charge in [-0.2, -0.15) is 4.98 Å². The number of hydrogen-bond acceptors (Lipinski definition) is 6. The van der Waals surface area contributed by atoms with Crippen LogP contribution in [0.2, 0.25) is 0 Å². The van der Waals surface area contributed by atoms with Gasteiger partial charge < -0.3 is 15.1 Å². The van der Waals surface area contributed by atoms with Gasteiger partial charge in [-0.3, -0.25) is 0 Å². The molecule has 4 aromatic rings. The van der Waals surface area contributed by atoms with Crippen LogP contribution in [0.4, 0.5) is 23.1 Å². The van der Waals surface area contributed by atoms with Crippen molar-refractivity contribution in [3.63, 3.8) is 0 Å². The van der Waals surface area contributed by atoms with Gasteiger partial charge in [0, 0.05) is 23.1 Å². The molecule has 0 aliphatic heterocycles. The summed E-state index contributed by atoms with van der Waals surface area (Å²) in [4.78, 5) is 13.2. The molecule has 0 fully saturated rings. The smallest absolute Gasteiger partial charge is 0.229 e. The number of oxazole rings is 1. The van der Waals surface area contributed by atoms with Crippen molar-refractivity contribution >= 4 is 34.2 Å². The Bertz CT molecular complexity index is 1090. The molecule has 6 heteroatoms. The largest absolute Gasteiger partial charge is 0.443 e. The van der Waals surface area contributed by atoms with Crippen LogP contribution in [0.25, 0.3) is 11.1 Å². The predicted molar refractivity (Wildman–Crippen MR) is 103 cm³/mol. The Morgan fingerprint density at radius 2 is 1.77 bits per heavy atom. The third-order valence-corrected chi connectivity index (χ3v) is 4.20. The van der Waals surface area contributed by atoms with E-state index >= 15 is 0 Å². The van der Waals surface area contributed by atoms with Crippen molar-refractivity contribution < 1.29 is 4.42 Å². The minimum atomic E-state index is 0.550. The summed E-state index contributed by atoms with van der Waals surface area (Å²) in [6.45, 7) is 6.09. The van der Waals surface area contributed by atoms with E-state index in [9.17, 15) is 0 Å². The minimum Gasteiger partial charge on any atom is -0.443 e. The molecule has 2 N–H and O–H groups in total. The number of rotatable bonds is 4. The molecule has 0 aliphatic rings. The van der Waals surface area contributed by atoms with Gasteiger partial charge in [-0.15, -0.1) is 0 Å². The highest BCUT2D eigenvalue weighted by atomic mass is 16.3. The van der Waals surface area contributed by atoms with E-state index in [0.717, 1.165) is 39.4 Å². The Hall–Kier alpha value is -3.41. The second kappa shape index (κ2) is 6.48. The second-order valence-corrected chi connectivity index (χ2v) is 6.33. The topological polar surface area (TPSA) is 75.9 Å². The van der Waals surface area contributed by atoms with Crippen molar-refractivity contribution in [3.05, 3.63) is 65.7 Å². The Morgan fingerprint density at radius 1 is 0.885 bits per heavy atom. The zero-order chi connectivity index (χ0) is 18.1. The average molecular weight is 345 g/mol. The lowest BCUT2D eigenvalue weighted by Gasteiger charge is -2.12. The molecule has 0 bridgehead atoms. The van der Waals surface area contributed by atoms with Gasteiger partial charge in [0.2, 0.25) is 5.95 Å². The van der Waals surface area contributed by atoms with Gasteiger partial charge in [-0.25, -0.2) is 9.97 Å². The number of aromatic nitrogens is 3. The van der Waals surface area contributed by atoms with Crippen LogP contribution in [0.1, 0.15) is 16.7 Å². The lowest BCUT2D eigenvalue weighted by atomic mass is 10.1. The fraction of sp³-hybridized carbons (Fsp3) is 0.150. The van der Waals surface area contributed by atoms with Crippen LogP contribution < -0.4 is 10.6 Å². The number of hydrogen-bond donors (Lipinski definition) is 2. The molecule has 26 heavy (non-hydrogen) atoms. The Kier molecular flexibility index (Phi) is 4.01. The fourth-order valence-corrected chi connectivity index (χ4v) is 2.69. The summed E-state index contributed by atoms with van der Waals surface area (Å²) >= 11 is 0. The molecular formula is C20H19N5O. The van der Waals surface area contributed by atoms with Gasteiger partial charge in [-0.1, -0.05) is 12.1 Å². The molecule has 0 spiro atoms. The molecule has 0 radical (unpaired) electrons. The molecule has 2 aromatic heterocycles. The van der Waals surface area contributed by atoms with Crippen LogP contribution in [0, 0.1) is 20.8 Å². The van der Waals surface area contributed by atoms with Crippen molar-refractivity contribution in [1.29, 1.82) is 0 Å². The molecule has 0 aliphatic carbocycles. The second-order valence-electron chi connectivity index (χ2n) is 6.33. The maximum Gasteiger partial charge on any atom is 0.229 e. The molecule has 0 saturated carbocycles. The number of benzene rings is 2. The first kappa shape index (κ1) is 16.1. The SMILES string of the molecule is Cc1ccc(C)c(Nc2ncc(C)c(Nc3ccc4ocnc4c3)n2)c1. The summed E-state index contributed by atoms with van der Waals surface area (Å²) in [7, 11) is 0. The fourth-order valence-electron chi connectivity index (χ4n) is 2.69. The summed E-state index contributed by atoms with van der Waals surface area (Å²) in [5.41, 5.74) is 6.74. The maximum absolute atomic E-state index is 5.28. The van der Waals surface area contributed by atoms with Crippen LogP contribution >= 0.6 is 0 Å². The van der Waals surface area contributed by atoms with Gasteiger partial charge >= 0.3 is 0 Å². The Balaban J connectivity index is 1.62. The maximum atomic E-state index is 5.28. The summed E-state index contributed by atoms with van der Waals surface area (Å²) in [6.07, 6.45) is 3.24. The standard InChI is InChI=1S/C20H19N5O/c1-12-4-5-13(2)16(8-12)24-20-21-10-14(3)19(25-20)23-15-6-7-18-17(9-15)22-11-26-18/h4-11H,1-3H3,(H2,21,23,24,25). The molecule has 130 valence electrons. The molecule has 0 atom stereocenters. The minimum absolute atomic E-state index is 0.550. The number of nitrogens with one attached hydrogen (secondary N) is 2. The lowest BCUT2D eigenvalue weighted by Crippen LogP contribution is -2.03. The van der Waals surface area contributed by atoms with E-state index in [1.807, 2.05) is 25.1 Å². The van der Waals surface area contributed by atoms with Crippen molar-refractivity contribution in [2.24, 2.45) is 0 Å². The van der Waals surface area contributed by atoms with Crippen LogP contribution in [0.15, 0.2) is 53.4 Å². The molecular weight excluding hydrogens is 326 g/mol. The average Bonchev–Trinajstić information content (AvgIpc) is 3.09. The molecule has 0 amide bonds. The van der Waals surface area contributed by atoms with Gasteiger partial charge in [0.15, 0.2) is 12.0 Å². The van der Waals surface area contributed by atoms with Gasteiger partial charge in [-0.05, 0) is 56.2 Å². The zero-order valence-electron chi connectivity index (χ0n) is 14.9. The van der Waals surface area contributed by atoms with E-state index in [1.165, 1.54) is 12.0 Å². The van der Waals surface area contributed by atoms with Crippen LogP contribution in [-0.4, -0.2) is 15.0 Å². The summed E-state index contributed by atoms with van der Waals surface area (Å²) in [5.74, 6) is 1.30. The number of aryl methyl sites for hydroxylation is 3. The van der Waals surface area contributed by atoms with Gasteiger partial charge in [0.05, 0.1) is 0 Å². The van der Waals surface area contributed by atoms with E-state index in [-0.39, 0.29) is 0 Å². The lowest BCUT2D eigenvalue weighted by molar-refractivity contribution is 0.602. The summed E-state index contributed by atoms with van der Waals surface area (Å²) in [5, 5.41) is 6.64. The first-order valence-electron chi connectivity index (χ1n) is 8.37. The molecule has 0 saturated heterocycles. The molecule has 6 nitrogen and oxygen atoms in total. The van der Waals surface area contributed by atoms with E-state index in [0.29, 0.717) is 5.95 Å². The zero-order valence-corrected chi connectivity index (χ0v) is 14.9. The van der Waals surface area contributed by atoms with E-state index in [1.54, 1.807) is 6.20 Å². The number of fused-ring (bicyclic) bond motifs is 1. The highest BCUT2D eigenvalue weighted by Gasteiger charge is 2.08. The third-order valence-electron chi connectivity index (χ3n) is 4.20. The van der Waals surface area contributed by atoms with Crippen molar-refractivity contribution in [2.45, 2.75) is 20.8 Å². The van der Waals surface area contributed by atoms with E-state index < -0.39 is 0 Å². The highest BCUT2D eigenvalue weighted by molar-refractivity contribution is 5.78. The van der Waals surface area contributed by atoms with Crippen LogP contribution in [0.3, 0.4) is 0 Å². The van der Waals surface area contributed by atoms with Crippen molar-refractivity contribution in [2.75, 3.05) is 10.6 Å². The van der Waals surface area contributed by atoms with Gasteiger partial charge in [0.25, 0.3) is 0 Å². The number of nitrogens with zero attached hydrogens (tertiary/aromatic N) is 3. The summed E-state index contributed by atoms with van der Waals surface area (Å²) in [6, 6.07) is 12.0. The third kappa shape index (κ3) is 3.21. The molecule has 4 rings (SSSR count). The first-order chi connectivity index (χ1) is 12.6. The molecule has 2 heterocycles. The van der Waals surface area contributed by atoms with E-state index in [2.05, 4.69) is 57.6 Å². The van der Waals surface area contributed by atoms with Crippen molar-refractivity contribution in [1.82, 2.24) is 15.0 Å². The normalized spacial score (nSPS) is 10.9. The quantitative estimate of drug-likeness (QED) is 0.540. The Labute approximate surface area is 151 Å². The van der Waals surface area contributed by atoms with Crippen molar-refractivity contribution in [3.8, 4) is 0 Å². The highest BCUT2D eigenvalue weighted by Crippen LogP contribution is 2.25. The predicted octanol–water partition coefficient (Wildman–Crippen LogP) is 5.03. The van der Waals surface area contributed by atoms with Crippen LogP contribution in [-0.2, 0) is 0 Å². The Morgan fingerprint density at radius 3 is 2.65 bits per heavy atom. The number of anilines is 4. The molecule has 2 aromatic carbocycles.